The molecule has 0 radical (unpaired) electrons. The van der Waals surface area contributed by atoms with Gasteiger partial charge in [0.15, 0.2) is 5.13 Å². The Morgan fingerprint density at radius 3 is 2.71 bits per heavy atom. The molecule has 7 heteroatoms. The first-order valence-electron chi connectivity index (χ1n) is 6.69. The summed E-state index contributed by atoms with van der Waals surface area (Å²) in [4.78, 5) is 4.23. The van der Waals surface area contributed by atoms with Gasteiger partial charge in [0.05, 0.1) is 21.4 Å². The Kier molecular flexibility index (Phi) is 3.57. The number of aromatic nitrogens is 1. The van der Waals surface area contributed by atoms with Gasteiger partial charge in [-0.25, -0.2) is 4.98 Å². The molecule has 0 saturated heterocycles. The summed E-state index contributed by atoms with van der Waals surface area (Å²) >= 11 is 1.36. The predicted molar refractivity (Wildman–Crippen MR) is 76.7 cm³/mol. The summed E-state index contributed by atoms with van der Waals surface area (Å²) in [6.45, 7) is 0.634. The van der Waals surface area contributed by atoms with Crippen molar-refractivity contribution in [1.29, 1.82) is 0 Å². The number of benzene rings is 1. The van der Waals surface area contributed by atoms with Gasteiger partial charge in [-0.1, -0.05) is 11.3 Å². The van der Waals surface area contributed by atoms with Crippen LogP contribution < -0.4 is 5.32 Å². The number of nitrogens with one attached hydrogen (secondary N) is 1. The number of ether oxygens (including phenoxy) is 1. The van der Waals surface area contributed by atoms with Gasteiger partial charge in [-0.3, -0.25) is 0 Å². The van der Waals surface area contributed by atoms with Gasteiger partial charge in [-0.05, 0) is 37.5 Å². The lowest BCUT2D eigenvalue weighted by molar-refractivity contribution is -0.137. The van der Waals surface area contributed by atoms with E-state index in [0.717, 1.165) is 36.1 Å². The molecule has 1 saturated carbocycles. The maximum Gasteiger partial charge on any atom is 0.416 e. The van der Waals surface area contributed by atoms with Gasteiger partial charge in [-0.15, -0.1) is 0 Å². The number of halogens is 3. The van der Waals surface area contributed by atoms with Crippen molar-refractivity contribution in [2.24, 2.45) is 0 Å². The molecule has 114 valence electrons. The van der Waals surface area contributed by atoms with Crippen LogP contribution in [0.3, 0.4) is 0 Å². The van der Waals surface area contributed by atoms with Gasteiger partial charge in [0.1, 0.15) is 0 Å². The molecular formula is C14H15F3N2OS. The first-order chi connectivity index (χ1) is 9.92. The van der Waals surface area contributed by atoms with Gasteiger partial charge in [-0.2, -0.15) is 13.2 Å². The van der Waals surface area contributed by atoms with Crippen LogP contribution in [0.1, 0.15) is 24.8 Å². The monoisotopic (exact) mass is 316 g/mol. The predicted octanol–water partition coefficient (Wildman–Crippen LogP) is 4.30. The molecular weight excluding hydrogens is 301 g/mol. The molecule has 0 aliphatic heterocycles. The van der Waals surface area contributed by atoms with Crippen LogP contribution in [0.15, 0.2) is 18.2 Å². The highest BCUT2D eigenvalue weighted by molar-refractivity contribution is 7.22. The van der Waals surface area contributed by atoms with Crippen LogP contribution in [0.4, 0.5) is 18.3 Å². The van der Waals surface area contributed by atoms with Crippen LogP contribution in [0.2, 0.25) is 0 Å². The van der Waals surface area contributed by atoms with Gasteiger partial charge in [0.25, 0.3) is 0 Å². The SMILES string of the molecule is COC1(CNc2nc3cc(C(F)(F)F)ccc3s2)CCC1. The Morgan fingerprint density at radius 1 is 1.38 bits per heavy atom. The Bertz CT molecular complexity index is 644. The molecule has 0 unspecified atom stereocenters. The van der Waals surface area contributed by atoms with Crippen molar-refractivity contribution in [2.45, 2.75) is 31.0 Å². The highest BCUT2D eigenvalue weighted by Gasteiger charge is 2.37. The maximum absolute atomic E-state index is 12.7. The third-order valence-corrected chi connectivity index (χ3v) is 4.97. The summed E-state index contributed by atoms with van der Waals surface area (Å²) in [5, 5.41) is 3.82. The number of anilines is 1. The van der Waals surface area contributed by atoms with Crippen molar-refractivity contribution < 1.29 is 17.9 Å². The number of alkyl halides is 3. The van der Waals surface area contributed by atoms with E-state index < -0.39 is 11.7 Å². The van der Waals surface area contributed by atoms with Crippen molar-refractivity contribution in [2.75, 3.05) is 19.0 Å². The van der Waals surface area contributed by atoms with Crippen molar-refractivity contribution in [3.63, 3.8) is 0 Å². The second-order valence-corrected chi connectivity index (χ2v) is 6.32. The van der Waals surface area contributed by atoms with Crippen LogP contribution in [0.5, 0.6) is 0 Å². The molecule has 1 aliphatic rings. The summed E-state index contributed by atoms with van der Waals surface area (Å²) < 4.78 is 44.2. The van der Waals surface area contributed by atoms with Crippen LogP contribution in [-0.4, -0.2) is 24.2 Å². The van der Waals surface area contributed by atoms with E-state index in [9.17, 15) is 13.2 Å². The van der Waals surface area contributed by atoms with E-state index in [1.165, 1.54) is 17.4 Å². The second kappa shape index (κ2) is 5.14. The molecule has 0 bridgehead atoms. The normalized spacial score (nSPS) is 17.7. The minimum absolute atomic E-state index is 0.144. The molecule has 0 amide bonds. The molecule has 1 aromatic heterocycles. The Labute approximate surface area is 124 Å². The fourth-order valence-corrected chi connectivity index (χ4v) is 3.28. The third kappa shape index (κ3) is 2.85. The Hall–Kier alpha value is -1.34. The number of hydrogen-bond donors (Lipinski definition) is 1. The molecule has 0 spiro atoms. The molecule has 2 aromatic rings. The topological polar surface area (TPSA) is 34.1 Å². The fraction of sp³-hybridized carbons (Fsp3) is 0.500. The minimum Gasteiger partial charge on any atom is -0.376 e. The molecule has 1 aliphatic carbocycles. The Balaban J connectivity index is 1.78. The molecule has 1 heterocycles. The van der Waals surface area contributed by atoms with Crippen molar-refractivity contribution in [1.82, 2.24) is 4.98 Å². The lowest BCUT2D eigenvalue weighted by Crippen LogP contribution is -2.45. The quantitative estimate of drug-likeness (QED) is 0.913. The minimum atomic E-state index is -4.34. The van der Waals surface area contributed by atoms with E-state index in [-0.39, 0.29) is 5.60 Å². The van der Waals surface area contributed by atoms with Gasteiger partial charge < -0.3 is 10.1 Å². The Morgan fingerprint density at radius 2 is 2.14 bits per heavy atom. The van der Waals surface area contributed by atoms with Crippen LogP contribution in [0.25, 0.3) is 10.2 Å². The maximum atomic E-state index is 12.7. The molecule has 21 heavy (non-hydrogen) atoms. The lowest BCUT2D eigenvalue weighted by Gasteiger charge is -2.40. The molecule has 1 aromatic carbocycles. The number of nitrogens with zero attached hydrogens (tertiary/aromatic N) is 1. The molecule has 0 atom stereocenters. The van der Waals surface area contributed by atoms with E-state index >= 15 is 0 Å². The molecule has 3 nitrogen and oxygen atoms in total. The summed E-state index contributed by atoms with van der Waals surface area (Å²) in [6, 6.07) is 3.65. The summed E-state index contributed by atoms with van der Waals surface area (Å²) in [7, 11) is 1.69. The lowest BCUT2D eigenvalue weighted by atomic mass is 9.80. The highest BCUT2D eigenvalue weighted by atomic mass is 32.1. The van der Waals surface area contributed by atoms with Crippen LogP contribution in [0, 0.1) is 0 Å². The first-order valence-corrected chi connectivity index (χ1v) is 7.50. The number of fused-ring (bicyclic) bond motifs is 1. The smallest absolute Gasteiger partial charge is 0.376 e. The standard InChI is InChI=1S/C14H15F3N2OS/c1-20-13(5-2-6-13)8-18-12-19-10-7-9(14(15,16)17)3-4-11(10)21-12/h3-4,7H,2,5-6,8H2,1H3,(H,18,19). The highest BCUT2D eigenvalue weighted by Crippen LogP contribution is 2.37. The average Bonchev–Trinajstić information content (AvgIpc) is 2.78. The number of methoxy groups -OCH3 is 1. The van der Waals surface area contributed by atoms with Crippen molar-refractivity contribution in [3.8, 4) is 0 Å². The van der Waals surface area contributed by atoms with Crippen molar-refractivity contribution in [3.05, 3.63) is 23.8 Å². The average molecular weight is 316 g/mol. The van der Waals surface area contributed by atoms with E-state index in [0.29, 0.717) is 17.2 Å². The van der Waals surface area contributed by atoms with Crippen molar-refractivity contribution >= 4 is 26.7 Å². The molecule has 1 fully saturated rings. The first kappa shape index (κ1) is 14.6. The van der Waals surface area contributed by atoms with E-state index in [4.69, 9.17) is 4.74 Å². The second-order valence-electron chi connectivity index (χ2n) is 5.29. The van der Waals surface area contributed by atoms with E-state index in [1.807, 2.05) is 0 Å². The number of rotatable bonds is 4. The van der Waals surface area contributed by atoms with Crippen LogP contribution in [-0.2, 0) is 10.9 Å². The number of hydrogen-bond acceptors (Lipinski definition) is 4. The number of thiazole rings is 1. The van der Waals surface area contributed by atoms with Gasteiger partial charge >= 0.3 is 6.18 Å². The van der Waals surface area contributed by atoms with E-state index in [2.05, 4.69) is 10.3 Å². The fourth-order valence-electron chi connectivity index (χ4n) is 2.44. The molecule has 3 rings (SSSR count). The molecule has 1 N–H and O–H groups in total. The summed E-state index contributed by atoms with van der Waals surface area (Å²) in [5.74, 6) is 0. The largest absolute Gasteiger partial charge is 0.416 e. The van der Waals surface area contributed by atoms with Gasteiger partial charge in [0.2, 0.25) is 0 Å². The summed E-state index contributed by atoms with van der Waals surface area (Å²) in [5.41, 5.74) is -0.439. The zero-order valence-electron chi connectivity index (χ0n) is 11.5. The third-order valence-electron chi connectivity index (χ3n) is 3.97. The zero-order valence-corrected chi connectivity index (χ0v) is 12.3. The van der Waals surface area contributed by atoms with E-state index in [1.54, 1.807) is 7.11 Å². The zero-order chi connectivity index (χ0) is 15.1. The summed E-state index contributed by atoms with van der Waals surface area (Å²) in [6.07, 6.45) is -1.19. The van der Waals surface area contributed by atoms with Crippen LogP contribution >= 0.6 is 11.3 Å². The van der Waals surface area contributed by atoms with Gasteiger partial charge in [0, 0.05) is 13.7 Å².